The van der Waals surface area contributed by atoms with E-state index in [9.17, 15) is 0 Å². The second-order valence-electron chi connectivity index (χ2n) is 5.41. The van der Waals surface area contributed by atoms with Gasteiger partial charge in [-0.25, -0.2) is 9.12 Å². The largest absolute Gasteiger partial charge is 0.302 e. The van der Waals surface area contributed by atoms with Gasteiger partial charge in [-0.1, -0.05) is 32.8 Å². The first-order valence-electron chi connectivity index (χ1n) is 7.20. The van der Waals surface area contributed by atoms with E-state index >= 15 is 0 Å². The summed E-state index contributed by atoms with van der Waals surface area (Å²) < 4.78 is 7.89. The van der Waals surface area contributed by atoms with Crippen LogP contribution in [0.1, 0.15) is 33.1 Å². The summed E-state index contributed by atoms with van der Waals surface area (Å²) >= 11 is 3.50. The quantitative estimate of drug-likeness (QED) is 0.601. The van der Waals surface area contributed by atoms with E-state index in [0.29, 0.717) is 0 Å². The summed E-state index contributed by atoms with van der Waals surface area (Å²) in [4.78, 5) is 2.33. The summed E-state index contributed by atoms with van der Waals surface area (Å²) in [6.07, 6.45) is 8.20. The van der Waals surface area contributed by atoms with E-state index in [-0.39, 0.29) is 4.87 Å². The maximum Gasteiger partial charge on any atom is 0.134 e. The molecule has 0 radical (unpaired) electrons. The van der Waals surface area contributed by atoms with Gasteiger partial charge in [-0.05, 0) is 30.7 Å². The van der Waals surface area contributed by atoms with Crippen molar-refractivity contribution in [3.05, 3.63) is 11.6 Å². The molecule has 2 rings (SSSR count). The third-order valence-corrected chi connectivity index (χ3v) is 6.32. The molecule has 19 heavy (non-hydrogen) atoms. The molecule has 0 aliphatic carbocycles. The molecule has 0 aromatic rings. The first kappa shape index (κ1) is 15.4. The Morgan fingerprint density at radius 3 is 2.89 bits per heavy atom. The van der Waals surface area contributed by atoms with Crippen LogP contribution in [0.5, 0.6) is 0 Å². The Morgan fingerprint density at radius 1 is 1.53 bits per heavy atom. The Bertz CT molecular complexity index is 353. The number of thioether (sulfide) groups is 1. The molecule has 0 saturated heterocycles. The molecule has 5 heteroatoms. The number of hydrogen-bond donors (Lipinski definition) is 1. The van der Waals surface area contributed by atoms with Crippen molar-refractivity contribution < 1.29 is 0 Å². The fourth-order valence-corrected chi connectivity index (χ4v) is 4.89. The molecule has 0 fully saturated rings. The molecule has 1 unspecified atom stereocenters. The van der Waals surface area contributed by atoms with Crippen molar-refractivity contribution in [2.75, 3.05) is 25.9 Å². The summed E-state index contributed by atoms with van der Waals surface area (Å²) in [5.74, 6) is 2.01. The summed E-state index contributed by atoms with van der Waals surface area (Å²) in [7, 11) is 2.20. The molecule has 1 N–H and O–H groups in total. The summed E-state index contributed by atoms with van der Waals surface area (Å²) in [5.41, 5.74) is 1.48. The fraction of sp³-hybridized carbons (Fsp3) is 0.786. The van der Waals surface area contributed by atoms with Crippen LogP contribution in [0.3, 0.4) is 0 Å². The average molecular weight is 300 g/mol. The van der Waals surface area contributed by atoms with Crippen LogP contribution >= 0.6 is 23.9 Å². The molecule has 2 heterocycles. The van der Waals surface area contributed by atoms with E-state index in [1.807, 2.05) is 11.8 Å². The van der Waals surface area contributed by atoms with Gasteiger partial charge in [-0.15, -0.1) is 11.8 Å². The van der Waals surface area contributed by atoms with E-state index in [4.69, 9.17) is 0 Å². The van der Waals surface area contributed by atoms with E-state index in [2.05, 4.69) is 47.2 Å². The van der Waals surface area contributed by atoms with Crippen LogP contribution in [0.2, 0.25) is 0 Å². The molecule has 108 valence electrons. The van der Waals surface area contributed by atoms with Gasteiger partial charge in [0.2, 0.25) is 0 Å². The van der Waals surface area contributed by atoms with E-state index in [1.165, 1.54) is 42.8 Å². The molecule has 1 atom stereocenters. The third-order valence-electron chi connectivity index (χ3n) is 4.00. The van der Waals surface area contributed by atoms with Crippen LogP contribution in [0.4, 0.5) is 0 Å². The molecule has 0 amide bonds. The van der Waals surface area contributed by atoms with Crippen molar-refractivity contribution in [3.63, 3.8) is 0 Å². The van der Waals surface area contributed by atoms with Gasteiger partial charge in [-0.3, -0.25) is 0 Å². The van der Waals surface area contributed by atoms with Gasteiger partial charge in [0.1, 0.15) is 4.87 Å². The molecule has 0 aromatic carbocycles. The number of likely N-dealkylation sites (N-methyl/N-ethyl adjacent to an activating group) is 1. The molecule has 3 nitrogen and oxygen atoms in total. The van der Waals surface area contributed by atoms with Gasteiger partial charge < -0.3 is 4.90 Å². The smallest absolute Gasteiger partial charge is 0.134 e. The highest BCUT2D eigenvalue weighted by Gasteiger charge is 2.37. The number of nitrogens with zero attached hydrogens (tertiary/aromatic N) is 2. The molecule has 0 aromatic heterocycles. The third kappa shape index (κ3) is 3.78. The fourth-order valence-electron chi connectivity index (χ4n) is 2.47. The van der Waals surface area contributed by atoms with E-state index < -0.39 is 0 Å². The van der Waals surface area contributed by atoms with E-state index in [1.54, 1.807) is 0 Å². The molecule has 0 bridgehead atoms. The Balaban J connectivity index is 2.05. The second-order valence-corrected chi connectivity index (χ2v) is 7.28. The molecular weight excluding hydrogens is 274 g/mol. The van der Waals surface area contributed by atoms with Gasteiger partial charge >= 0.3 is 0 Å². The van der Waals surface area contributed by atoms with Gasteiger partial charge in [0.15, 0.2) is 0 Å². The minimum absolute atomic E-state index is 0.0675. The monoisotopic (exact) mass is 299 g/mol. The molecule has 0 saturated carbocycles. The first-order valence-corrected chi connectivity index (χ1v) is 8.95. The summed E-state index contributed by atoms with van der Waals surface area (Å²) in [6.45, 7) is 6.80. The predicted molar refractivity (Wildman–Crippen MR) is 88.7 cm³/mol. The van der Waals surface area contributed by atoms with Gasteiger partial charge in [0, 0.05) is 19.3 Å². The minimum atomic E-state index is -0.0675. The normalized spacial score (nSPS) is 28.1. The SMILES string of the molecule is CCC(CC)CSC1(C2=CCCN(C)C2)C=NSN1. The zero-order chi connectivity index (χ0) is 13.7. The van der Waals surface area contributed by atoms with Gasteiger partial charge in [0.25, 0.3) is 0 Å². The Morgan fingerprint density at radius 2 is 2.32 bits per heavy atom. The summed E-state index contributed by atoms with van der Waals surface area (Å²) in [5, 5.41) is 0. The highest BCUT2D eigenvalue weighted by atomic mass is 32.2. The van der Waals surface area contributed by atoms with Crippen molar-refractivity contribution in [3.8, 4) is 0 Å². The molecule has 0 spiro atoms. The maximum absolute atomic E-state index is 4.37. The Kier molecular flexibility index (Phi) is 5.81. The lowest BCUT2D eigenvalue weighted by Crippen LogP contribution is -2.44. The van der Waals surface area contributed by atoms with Crippen molar-refractivity contribution in [2.45, 2.75) is 38.0 Å². The van der Waals surface area contributed by atoms with Crippen molar-refractivity contribution >= 4 is 30.1 Å². The molecular formula is C14H25N3S2. The van der Waals surface area contributed by atoms with E-state index in [0.717, 1.165) is 18.9 Å². The lowest BCUT2D eigenvalue weighted by molar-refractivity contribution is 0.348. The molecule has 2 aliphatic rings. The van der Waals surface area contributed by atoms with Gasteiger partial charge in [-0.2, -0.15) is 0 Å². The Labute approximate surface area is 126 Å². The van der Waals surface area contributed by atoms with Crippen LogP contribution in [-0.2, 0) is 0 Å². The highest BCUT2D eigenvalue weighted by Crippen LogP contribution is 2.38. The predicted octanol–water partition coefficient (Wildman–Crippen LogP) is 3.35. The number of rotatable bonds is 6. The van der Waals surface area contributed by atoms with Crippen LogP contribution in [0.15, 0.2) is 16.0 Å². The Hall–Kier alpha value is 0.0300. The van der Waals surface area contributed by atoms with Crippen molar-refractivity contribution in [1.82, 2.24) is 9.62 Å². The standard InChI is InChI=1S/C14H25N3S2/c1-4-12(5-2)10-18-14(11-15-19-16-14)13-7-6-8-17(3)9-13/h7,11-12,16H,4-6,8-10H2,1-3H3. The van der Waals surface area contributed by atoms with Crippen molar-refractivity contribution in [2.24, 2.45) is 10.3 Å². The number of nitrogens with one attached hydrogen (secondary N) is 1. The van der Waals surface area contributed by atoms with Crippen LogP contribution in [0, 0.1) is 5.92 Å². The van der Waals surface area contributed by atoms with Crippen LogP contribution in [0.25, 0.3) is 0 Å². The zero-order valence-corrected chi connectivity index (χ0v) is 13.8. The lowest BCUT2D eigenvalue weighted by Gasteiger charge is -2.34. The summed E-state index contributed by atoms with van der Waals surface area (Å²) in [6, 6.07) is 0. The highest BCUT2D eigenvalue weighted by molar-refractivity contribution is 8.04. The van der Waals surface area contributed by atoms with Crippen LogP contribution < -0.4 is 4.72 Å². The lowest BCUT2D eigenvalue weighted by atomic mass is 10.0. The second kappa shape index (κ2) is 7.16. The van der Waals surface area contributed by atoms with Crippen LogP contribution in [-0.4, -0.2) is 41.9 Å². The topological polar surface area (TPSA) is 27.6 Å². The maximum atomic E-state index is 4.37. The average Bonchev–Trinajstić information content (AvgIpc) is 2.90. The van der Waals surface area contributed by atoms with Gasteiger partial charge in [0.05, 0.1) is 12.1 Å². The molecule has 2 aliphatic heterocycles. The minimum Gasteiger partial charge on any atom is -0.302 e. The number of hydrogen-bond acceptors (Lipinski definition) is 5. The first-order chi connectivity index (χ1) is 9.20. The zero-order valence-electron chi connectivity index (χ0n) is 12.2. The van der Waals surface area contributed by atoms with Crippen molar-refractivity contribution in [1.29, 1.82) is 0 Å².